The molecule has 0 bridgehead atoms. The highest BCUT2D eigenvalue weighted by atomic mass is 16.6. The summed E-state index contributed by atoms with van der Waals surface area (Å²) < 4.78 is 31.9. The van der Waals surface area contributed by atoms with Gasteiger partial charge in [-0.1, -0.05) is 58.3 Å². The van der Waals surface area contributed by atoms with Crippen LogP contribution >= 0.6 is 0 Å². The van der Waals surface area contributed by atoms with Crippen molar-refractivity contribution >= 4 is 5.97 Å². The second kappa shape index (κ2) is 27.3. The van der Waals surface area contributed by atoms with Crippen molar-refractivity contribution in [3.8, 4) is 0 Å². The van der Waals surface area contributed by atoms with Crippen molar-refractivity contribution in [3.63, 3.8) is 0 Å². The fourth-order valence-corrected chi connectivity index (χ4v) is 2.77. The molecule has 0 saturated heterocycles. The van der Waals surface area contributed by atoms with Crippen molar-refractivity contribution in [1.29, 1.82) is 0 Å². The Balaban J connectivity index is 3.00. The van der Waals surface area contributed by atoms with Crippen LogP contribution in [0.2, 0.25) is 0 Å². The highest BCUT2D eigenvalue weighted by Crippen LogP contribution is 2.09. The largest absolute Gasteiger partial charge is 0.480 e. The summed E-state index contributed by atoms with van der Waals surface area (Å²) in [6.07, 6.45) is 11.9. The maximum Gasteiger partial charge on any atom is 0.329 e. The summed E-state index contributed by atoms with van der Waals surface area (Å²) in [6, 6.07) is 0. The third-order valence-corrected chi connectivity index (χ3v) is 4.48. The molecule has 0 atom stereocenters. The second-order valence-corrected chi connectivity index (χ2v) is 7.34. The molecular formula is C23H46O8. The molecule has 0 unspecified atom stereocenters. The van der Waals surface area contributed by atoms with Gasteiger partial charge in [0.2, 0.25) is 0 Å². The van der Waals surface area contributed by atoms with E-state index in [2.05, 4.69) is 6.92 Å². The summed E-state index contributed by atoms with van der Waals surface area (Å²) >= 11 is 0. The van der Waals surface area contributed by atoms with Crippen LogP contribution in [0.3, 0.4) is 0 Å². The number of hydrogen-bond donors (Lipinski definition) is 1. The van der Waals surface area contributed by atoms with Gasteiger partial charge in [-0.05, 0) is 6.42 Å². The molecule has 31 heavy (non-hydrogen) atoms. The smallest absolute Gasteiger partial charge is 0.329 e. The van der Waals surface area contributed by atoms with Crippen LogP contribution in [0.1, 0.15) is 64.7 Å². The van der Waals surface area contributed by atoms with Crippen molar-refractivity contribution in [3.05, 3.63) is 0 Å². The van der Waals surface area contributed by atoms with Crippen LogP contribution < -0.4 is 0 Å². The average molecular weight is 451 g/mol. The summed E-state index contributed by atoms with van der Waals surface area (Å²) in [7, 11) is 0. The number of carboxylic acid groups (broad SMARTS) is 1. The van der Waals surface area contributed by atoms with E-state index in [0.717, 1.165) is 13.0 Å². The van der Waals surface area contributed by atoms with Gasteiger partial charge in [-0.3, -0.25) is 0 Å². The maximum atomic E-state index is 10.2. The molecule has 0 rings (SSSR count). The Labute approximate surface area is 188 Å². The predicted octanol–water partition coefficient (Wildman–Crippen LogP) is 3.70. The van der Waals surface area contributed by atoms with E-state index in [-0.39, 0.29) is 13.2 Å². The van der Waals surface area contributed by atoms with Crippen LogP contribution in [-0.2, 0) is 33.2 Å². The molecule has 0 spiro atoms. The number of aliphatic carboxylic acids is 1. The summed E-state index contributed by atoms with van der Waals surface area (Å²) in [4.78, 5) is 10.2. The van der Waals surface area contributed by atoms with Gasteiger partial charge >= 0.3 is 5.97 Å². The quantitative estimate of drug-likeness (QED) is 0.189. The highest BCUT2D eigenvalue weighted by Gasteiger charge is 1.97. The van der Waals surface area contributed by atoms with E-state index in [1.165, 1.54) is 51.4 Å². The Morgan fingerprint density at radius 2 is 0.806 bits per heavy atom. The van der Waals surface area contributed by atoms with Gasteiger partial charge in [-0.2, -0.15) is 0 Å². The van der Waals surface area contributed by atoms with Crippen LogP contribution in [0, 0.1) is 0 Å². The first-order chi connectivity index (χ1) is 15.3. The molecule has 186 valence electrons. The molecular weight excluding hydrogens is 404 g/mol. The van der Waals surface area contributed by atoms with Gasteiger partial charge in [-0.25, -0.2) is 4.79 Å². The van der Waals surface area contributed by atoms with E-state index in [1.54, 1.807) is 0 Å². The summed E-state index contributed by atoms with van der Waals surface area (Å²) in [5.74, 6) is -0.980. The Kier molecular flexibility index (Phi) is 26.6. The first kappa shape index (κ1) is 30.2. The van der Waals surface area contributed by atoms with Crippen LogP contribution in [0.15, 0.2) is 0 Å². The van der Waals surface area contributed by atoms with Crippen molar-refractivity contribution in [2.45, 2.75) is 64.7 Å². The third-order valence-electron chi connectivity index (χ3n) is 4.48. The number of rotatable bonds is 27. The van der Waals surface area contributed by atoms with E-state index in [4.69, 9.17) is 33.5 Å². The van der Waals surface area contributed by atoms with E-state index in [1.807, 2.05) is 0 Å². The summed E-state index contributed by atoms with van der Waals surface area (Å²) in [6.45, 7) is 7.67. The number of carboxylic acids is 1. The lowest BCUT2D eigenvalue weighted by molar-refractivity contribution is -0.142. The van der Waals surface area contributed by atoms with Crippen LogP contribution in [-0.4, -0.2) is 90.4 Å². The highest BCUT2D eigenvalue weighted by molar-refractivity contribution is 5.67. The van der Waals surface area contributed by atoms with E-state index >= 15 is 0 Å². The average Bonchev–Trinajstić information content (AvgIpc) is 2.76. The molecule has 8 nitrogen and oxygen atoms in total. The minimum absolute atomic E-state index is 0.264. The standard InChI is InChI=1S/C23H46O8/c1-2-3-4-5-6-7-8-9-10-11-26-12-13-27-14-15-28-16-17-29-18-19-30-20-21-31-22-23(24)25/h2-22H2,1H3,(H,24,25). The number of carbonyl (C=O) groups is 1. The van der Waals surface area contributed by atoms with Crippen LogP contribution in [0.25, 0.3) is 0 Å². The van der Waals surface area contributed by atoms with Crippen molar-refractivity contribution in [2.24, 2.45) is 0 Å². The van der Waals surface area contributed by atoms with E-state index < -0.39 is 5.97 Å². The van der Waals surface area contributed by atoms with Gasteiger partial charge in [0.15, 0.2) is 0 Å². The lowest BCUT2D eigenvalue weighted by Gasteiger charge is -2.08. The molecule has 0 heterocycles. The van der Waals surface area contributed by atoms with Gasteiger partial charge in [-0.15, -0.1) is 0 Å². The molecule has 0 aliphatic heterocycles. The summed E-state index contributed by atoms with van der Waals surface area (Å²) in [5.41, 5.74) is 0. The molecule has 0 aliphatic rings. The van der Waals surface area contributed by atoms with Crippen molar-refractivity contribution in [1.82, 2.24) is 0 Å². The lowest BCUT2D eigenvalue weighted by atomic mass is 10.1. The zero-order chi connectivity index (χ0) is 22.7. The Morgan fingerprint density at radius 3 is 1.19 bits per heavy atom. The molecule has 0 fully saturated rings. The SMILES string of the molecule is CCCCCCCCCCCOCCOCCOCCOCCOCCOCC(=O)O. The van der Waals surface area contributed by atoms with Crippen molar-refractivity contribution < 1.29 is 38.3 Å². The van der Waals surface area contributed by atoms with E-state index in [9.17, 15) is 4.79 Å². The molecule has 0 aliphatic carbocycles. The third kappa shape index (κ3) is 29.2. The van der Waals surface area contributed by atoms with Gasteiger partial charge in [0.05, 0.1) is 66.1 Å². The molecule has 0 aromatic heterocycles. The monoisotopic (exact) mass is 450 g/mol. The predicted molar refractivity (Wildman–Crippen MR) is 120 cm³/mol. The molecule has 0 radical (unpaired) electrons. The number of unbranched alkanes of at least 4 members (excludes halogenated alkanes) is 8. The first-order valence-electron chi connectivity index (χ1n) is 12.0. The van der Waals surface area contributed by atoms with Gasteiger partial charge in [0.25, 0.3) is 0 Å². The Bertz CT molecular complexity index is 354. The van der Waals surface area contributed by atoms with E-state index in [0.29, 0.717) is 59.5 Å². The maximum absolute atomic E-state index is 10.2. The Morgan fingerprint density at radius 1 is 0.484 bits per heavy atom. The first-order valence-corrected chi connectivity index (χ1v) is 12.0. The Hall–Kier alpha value is -0.770. The fourth-order valence-electron chi connectivity index (χ4n) is 2.77. The molecule has 0 saturated carbocycles. The zero-order valence-corrected chi connectivity index (χ0v) is 19.7. The second-order valence-electron chi connectivity index (χ2n) is 7.34. The normalized spacial score (nSPS) is 11.3. The molecule has 0 aromatic carbocycles. The molecule has 8 heteroatoms. The van der Waals surface area contributed by atoms with Gasteiger partial charge in [0.1, 0.15) is 6.61 Å². The van der Waals surface area contributed by atoms with Gasteiger partial charge in [0, 0.05) is 6.61 Å². The van der Waals surface area contributed by atoms with Crippen molar-refractivity contribution in [2.75, 3.05) is 79.3 Å². The molecule has 0 aromatic rings. The fraction of sp³-hybridized carbons (Fsp3) is 0.957. The number of ether oxygens (including phenoxy) is 6. The lowest BCUT2D eigenvalue weighted by Crippen LogP contribution is -2.15. The topological polar surface area (TPSA) is 92.7 Å². The van der Waals surface area contributed by atoms with Crippen LogP contribution in [0.4, 0.5) is 0 Å². The number of hydrogen-bond acceptors (Lipinski definition) is 7. The zero-order valence-electron chi connectivity index (χ0n) is 19.7. The summed E-state index contributed by atoms with van der Waals surface area (Å²) in [5, 5.41) is 8.39. The van der Waals surface area contributed by atoms with Gasteiger partial charge < -0.3 is 33.5 Å². The molecule has 0 amide bonds. The molecule has 1 N–H and O–H groups in total. The minimum atomic E-state index is -0.980. The van der Waals surface area contributed by atoms with Crippen LogP contribution in [0.5, 0.6) is 0 Å². The minimum Gasteiger partial charge on any atom is -0.480 e.